The number of hydrogen-bond donors (Lipinski definition) is 2. The lowest BCUT2D eigenvalue weighted by Crippen LogP contribution is -2.26. The average molecular weight is 413 g/mol. The van der Waals surface area contributed by atoms with Crippen LogP contribution in [-0.2, 0) is 17.6 Å². The van der Waals surface area contributed by atoms with Crippen LogP contribution in [0.15, 0.2) is 28.1 Å². The summed E-state index contributed by atoms with van der Waals surface area (Å²) in [5.41, 5.74) is 4.48. The van der Waals surface area contributed by atoms with Gasteiger partial charge in [-0.3, -0.25) is 9.59 Å². The molecule has 152 valence electrons. The number of amides is 2. The summed E-state index contributed by atoms with van der Waals surface area (Å²) in [7, 11) is 0. The number of rotatable bonds is 7. The van der Waals surface area contributed by atoms with Crippen molar-refractivity contribution in [3.8, 4) is 0 Å². The van der Waals surface area contributed by atoms with Crippen molar-refractivity contribution in [2.45, 2.75) is 40.5 Å². The first-order valence-corrected chi connectivity index (χ1v) is 10.2. The van der Waals surface area contributed by atoms with Crippen molar-refractivity contribution in [2.75, 3.05) is 11.9 Å². The minimum Gasteiger partial charge on any atom is -0.361 e. The number of carbonyl (C=O) groups excluding carboxylic acids is 2. The largest absolute Gasteiger partial charge is 0.361 e. The number of thiazole rings is 1. The van der Waals surface area contributed by atoms with E-state index in [0.29, 0.717) is 35.7 Å². The Morgan fingerprint density at radius 1 is 1.17 bits per heavy atom. The number of hydrogen-bond acceptors (Lipinski definition) is 6. The van der Waals surface area contributed by atoms with Crippen LogP contribution < -0.4 is 10.6 Å². The maximum absolute atomic E-state index is 12.5. The quantitative estimate of drug-likeness (QED) is 0.619. The first-order chi connectivity index (χ1) is 13.8. The number of anilines is 1. The fourth-order valence-corrected chi connectivity index (χ4v) is 3.69. The van der Waals surface area contributed by atoms with Crippen molar-refractivity contribution in [1.82, 2.24) is 15.5 Å². The molecule has 0 aliphatic rings. The molecule has 1 aromatic carbocycles. The molecular formula is C21H24N4O3S. The average Bonchev–Trinajstić information content (AvgIpc) is 3.23. The van der Waals surface area contributed by atoms with Gasteiger partial charge < -0.3 is 15.2 Å². The van der Waals surface area contributed by atoms with Gasteiger partial charge in [-0.1, -0.05) is 11.2 Å². The molecule has 7 nitrogen and oxygen atoms in total. The molecule has 2 amide bonds. The van der Waals surface area contributed by atoms with Gasteiger partial charge in [-0.15, -0.1) is 11.3 Å². The van der Waals surface area contributed by atoms with E-state index in [0.717, 1.165) is 21.8 Å². The molecule has 0 fully saturated rings. The minimum absolute atomic E-state index is 0.171. The van der Waals surface area contributed by atoms with Crippen LogP contribution in [-0.4, -0.2) is 28.5 Å². The van der Waals surface area contributed by atoms with E-state index >= 15 is 0 Å². The smallest absolute Gasteiger partial charge is 0.251 e. The van der Waals surface area contributed by atoms with Gasteiger partial charge in [0.25, 0.3) is 5.91 Å². The van der Waals surface area contributed by atoms with Gasteiger partial charge >= 0.3 is 0 Å². The summed E-state index contributed by atoms with van der Waals surface area (Å²) in [5, 5.41) is 12.7. The SMILES string of the molecule is Cc1csc(CCNC(=O)c2ccc(C)c(NC(=O)Cc3c(C)noc3C)c2)n1. The summed E-state index contributed by atoms with van der Waals surface area (Å²) in [6.45, 7) is 7.94. The Morgan fingerprint density at radius 3 is 2.62 bits per heavy atom. The van der Waals surface area contributed by atoms with Crippen molar-refractivity contribution in [3.05, 3.63) is 62.4 Å². The Balaban J connectivity index is 1.61. The molecule has 0 aliphatic heterocycles. The van der Waals surface area contributed by atoms with Crippen molar-refractivity contribution < 1.29 is 14.1 Å². The van der Waals surface area contributed by atoms with Gasteiger partial charge in [-0.05, 0) is 45.4 Å². The van der Waals surface area contributed by atoms with Crippen molar-refractivity contribution in [3.63, 3.8) is 0 Å². The summed E-state index contributed by atoms with van der Waals surface area (Å²) in [5.74, 6) is 0.275. The second-order valence-corrected chi connectivity index (χ2v) is 7.89. The van der Waals surface area contributed by atoms with Gasteiger partial charge in [-0.25, -0.2) is 4.98 Å². The second kappa shape index (κ2) is 9.00. The van der Waals surface area contributed by atoms with Crippen molar-refractivity contribution in [1.29, 1.82) is 0 Å². The van der Waals surface area contributed by atoms with Gasteiger partial charge in [0.15, 0.2) is 0 Å². The molecule has 0 spiro atoms. The predicted octanol–water partition coefficient (Wildman–Crippen LogP) is 3.52. The predicted molar refractivity (Wildman–Crippen MR) is 112 cm³/mol. The Morgan fingerprint density at radius 2 is 1.97 bits per heavy atom. The molecule has 0 radical (unpaired) electrons. The van der Waals surface area contributed by atoms with E-state index in [1.165, 1.54) is 0 Å². The maximum atomic E-state index is 12.5. The van der Waals surface area contributed by atoms with E-state index in [1.54, 1.807) is 30.4 Å². The Labute approximate surface area is 173 Å². The molecule has 0 unspecified atom stereocenters. The number of nitrogens with one attached hydrogen (secondary N) is 2. The Hall–Kier alpha value is -3.00. The number of nitrogens with zero attached hydrogens (tertiary/aromatic N) is 2. The summed E-state index contributed by atoms with van der Waals surface area (Å²) in [4.78, 5) is 29.3. The number of aryl methyl sites for hydroxylation is 4. The first kappa shape index (κ1) is 20.7. The van der Waals surface area contributed by atoms with E-state index in [1.807, 2.05) is 32.2 Å². The van der Waals surface area contributed by atoms with Crippen LogP contribution in [0.25, 0.3) is 0 Å². The molecule has 0 saturated heterocycles. The lowest BCUT2D eigenvalue weighted by atomic mass is 10.1. The lowest BCUT2D eigenvalue weighted by Gasteiger charge is -2.11. The maximum Gasteiger partial charge on any atom is 0.251 e. The molecule has 2 aromatic heterocycles. The molecule has 3 rings (SSSR count). The molecule has 0 bridgehead atoms. The van der Waals surface area contributed by atoms with E-state index < -0.39 is 0 Å². The summed E-state index contributed by atoms with van der Waals surface area (Å²) >= 11 is 1.59. The van der Waals surface area contributed by atoms with Gasteiger partial charge in [0, 0.05) is 40.9 Å². The van der Waals surface area contributed by atoms with Gasteiger partial charge in [0.1, 0.15) is 5.76 Å². The summed E-state index contributed by atoms with van der Waals surface area (Å²) in [6.07, 6.45) is 0.863. The Kier molecular flexibility index (Phi) is 6.43. The molecule has 8 heteroatoms. The van der Waals surface area contributed by atoms with Crippen LogP contribution in [0.4, 0.5) is 5.69 Å². The van der Waals surface area contributed by atoms with Gasteiger partial charge in [-0.2, -0.15) is 0 Å². The summed E-state index contributed by atoms with van der Waals surface area (Å²) < 4.78 is 5.10. The van der Waals surface area contributed by atoms with Crippen LogP contribution in [0.3, 0.4) is 0 Å². The van der Waals surface area contributed by atoms with E-state index in [4.69, 9.17) is 4.52 Å². The zero-order valence-electron chi connectivity index (χ0n) is 17.0. The van der Waals surface area contributed by atoms with Crippen molar-refractivity contribution >= 4 is 28.8 Å². The first-order valence-electron chi connectivity index (χ1n) is 9.35. The zero-order chi connectivity index (χ0) is 21.0. The van der Waals surface area contributed by atoms with Crippen LogP contribution in [0, 0.1) is 27.7 Å². The van der Waals surface area contributed by atoms with Crippen molar-refractivity contribution in [2.24, 2.45) is 0 Å². The highest BCUT2D eigenvalue weighted by Crippen LogP contribution is 2.19. The monoisotopic (exact) mass is 412 g/mol. The second-order valence-electron chi connectivity index (χ2n) is 6.95. The zero-order valence-corrected chi connectivity index (χ0v) is 17.8. The summed E-state index contributed by atoms with van der Waals surface area (Å²) in [6, 6.07) is 5.27. The van der Waals surface area contributed by atoms with Gasteiger partial charge in [0.2, 0.25) is 5.91 Å². The van der Waals surface area contributed by atoms with Gasteiger partial charge in [0.05, 0.1) is 17.1 Å². The third kappa shape index (κ3) is 5.29. The van der Waals surface area contributed by atoms with Crippen LogP contribution in [0.1, 0.15) is 43.6 Å². The highest BCUT2D eigenvalue weighted by Gasteiger charge is 2.15. The molecule has 0 saturated carbocycles. The van der Waals surface area contributed by atoms with Crippen LogP contribution >= 0.6 is 11.3 Å². The third-order valence-electron chi connectivity index (χ3n) is 4.58. The molecule has 2 heterocycles. The van der Waals surface area contributed by atoms with E-state index in [-0.39, 0.29) is 18.2 Å². The molecule has 0 aliphatic carbocycles. The van der Waals surface area contributed by atoms with Crippen LogP contribution in [0.5, 0.6) is 0 Å². The molecule has 2 N–H and O–H groups in total. The molecule has 0 atom stereocenters. The Bertz CT molecular complexity index is 1020. The molecule has 29 heavy (non-hydrogen) atoms. The number of carbonyl (C=O) groups is 2. The highest BCUT2D eigenvalue weighted by atomic mass is 32.1. The minimum atomic E-state index is -0.181. The number of benzene rings is 1. The third-order valence-corrected chi connectivity index (χ3v) is 5.61. The molecule has 3 aromatic rings. The number of aromatic nitrogens is 2. The molecular weight excluding hydrogens is 388 g/mol. The van der Waals surface area contributed by atoms with E-state index in [2.05, 4.69) is 20.8 Å². The lowest BCUT2D eigenvalue weighted by molar-refractivity contribution is -0.115. The van der Waals surface area contributed by atoms with Crippen LogP contribution in [0.2, 0.25) is 0 Å². The topological polar surface area (TPSA) is 97.1 Å². The van der Waals surface area contributed by atoms with E-state index in [9.17, 15) is 9.59 Å². The normalized spacial score (nSPS) is 10.8. The fourth-order valence-electron chi connectivity index (χ4n) is 2.91. The standard InChI is InChI=1S/C21H24N4O3S/c1-12-5-6-16(21(27)22-8-7-20-23-13(2)11-29-20)9-18(12)24-19(26)10-17-14(3)25-28-15(17)4/h5-6,9,11H,7-8,10H2,1-4H3,(H,22,27)(H,24,26). The highest BCUT2D eigenvalue weighted by molar-refractivity contribution is 7.09. The fraction of sp³-hybridized carbons (Fsp3) is 0.333.